The summed E-state index contributed by atoms with van der Waals surface area (Å²) in [5.74, 6) is 11.1. The van der Waals surface area contributed by atoms with Gasteiger partial charge in [0.05, 0.1) is 12.6 Å². The van der Waals surface area contributed by atoms with Gasteiger partial charge < -0.3 is 15.5 Å². The van der Waals surface area contributed by atoms with Crippen LogP contribution in [-0.2, 0) is 9.53 Å². The molecule has 4 N–H and O–H groups in total. The highest BCUT2D eigenvalue weighted by atomic mass is 16.5. The van der Waals surface area contributed by atoms with Crippen LogP contribution in [0, 0.1) is 46.8 Å². The minimum atomic E-state index is 0.154. The Balaban J connectivity index is 1.48. The largest absolute Gasteiger partial charge is 0.403 e. The lowest BCUT2D eigenvalue weighted by atomic mass is 9.49. The Morgan fingerprint density at radius 2 is 1.93 bits per heavy atom. The number of nitrogens with zero attached hydrogens (tertiary/aromatic N) is 1. The van der Waals surface area contributed by atoms with Crippen molar-refractivity contribution in [2.45, 2.75) is 71.3 Å². The maximum Gasteiger partial charge on any atom is 0.157 e. The first-order valence-electron chi connectivity index (χ1n) is 11.8. The Morgan fingerprint density at radius 1 is 1.14 bits per heavy atom. The molecule has 0 bridgehead atoms. The third kappa shape index (κ3) is 3.63. The summed E-state index contributed by atoms with van der Waals surface area (Å²) >= 11 is 0. The smallest absolute Gasteiger partial charge is 0.157 e. The molecule has 0 aromatic carbocycles. The standard InChI is InChI=1S/C24H41N3O2/c1-15-12-16-4-5-18-17(19(16)13-23(15)29-3)8-9-24(2)20(18)6-7-21(24)22(28)14-27(26)11-10-25/h10-11,15-21,23H,4-9,12-14,25-26H2,1-3H3/b11-10-. The first kappa shape index (κ1) is 21.2. The summed E-state index contributed by atoms with van der Waals surface area (Å²) in [7, 11) is 1.90. The highest BCUT2D eigenvalue weighted by molar-refractivity contribution is 5.84. The van der Waals surface area contributed by atoms with E-state index in [0.29, 0.717) is 23.7 Å². The summed E-state index contributed by atoms with van der Waals surface area (Å²) in [5.41, 5.74) is 5.58. The fraction of sp³-hybridized carbons (Fsp3) is 0.875. The van der Waals surface area contributed by atoms with Gasteiger partial charge in [-0.25, -0.2) is 5.84 Å². The van der Waals surface area contributed by atoms with E-state index >= 15 is 0 Å². The second kappa shape index (κ2) is 8.22. The van der Waals surface area contributed by atoms with Crippen LogP contribution in [0.5, 0.6) is 0 Å². The third-order valence-electron chi connectivity index (χ3n) is 9.64. The predicted octanol–water partition coefficient (Wildman–Crippen LogP) is 3.69. The van der Waals surface area contributed by atoms with Crippen LogP contribution in [-0.4, -0.2) is 30.6 Å². The van der Waals surface area contributed by atoms with Gasteiger partial charge in [0.15, 0.2) is 5.78 Å². The minimum Gasteiger partial charge on any atom is -0.403 e. The number of Topliss-reactive ketones (excluding diaryl/α,β-unsaturated/α-hetero) is 1. The van der Waals surface area contributed by atoms with Crippen molar-refractivity contribution in [1.29, 1.82) is 0 Å². The van der Waals surface area contributed by atoms with Gasteiger partial charge in [0, 0.05) is 25.4 Å². The number of fused-ring (bicyclic) bond motifs is 5. The van der Waals surface area contributed by atoms with Gasteiger partial charge >= 0.3 is 0 Å². The number of ketones is 1. The zero-order valence-electron chi connectivity index (χ0n) is 18.6. The van der Waals surface area contributed by atoms with Crippen LogP contribution in [0.1, 0.15) is 65.2 Å². The van der Waals surface area contributed by atoms with E-state index in [1.54, 1.807) is 6.20 Å². The Hall–Kier alpha value is -1.07. The SMILES string of the molecule is COC1CC2C(CCC3C2CCC2(C)C(C(=O)CN(N)/C=C\N)CCC32)CC1C. The quantitative estimate of drug-likeness (QED) is 0.540. The normalized spacial score (nSPS) is 46.8. The molecule has 0 aromatic rings. The first-order chi connectivity index (χ1) is 13.9. The van der Waals surface area contributed by atoms with Crippen LogP contribution in [0.25, 0.3) is 0 Å². The molecule has 0 amide bonds. The zero-order chi connectivity index (χ0) is 20.8. The van der Waals surface area contributed by atoms with Crippen molar-refractivity contribution < 1.29 is 9.53 Å². The maximum absolute atomic E-state index is 13.1. The molecular formula is C24H41N3O2. The van der Waals surface area contributed by atoms with E-state index in [1.807, 2.05) is 7.11 Å². The van der Waals surface area contributed by atoms with Crippen molar-refractivity contribution in [3.63, 3.8) is 0 Å². The van der Waals surface area contributed by atoms with Crippen molar-refractivity contribution in [3.8, 4) is 0 Å². The van der Waals surface area contributed by atoms with Crippen molar-refractivity contribution in [2.75, 3.05) is 13.7 Å². The fourth-order valence-corrected chi connectivity index (χ4v) is 8.33. The van der Waals surface area contributed by atoms with Crippen LogP contribution in [0.3, 0.4) is 0 Å². The lowest BCUT2D eigenvalue weighted by Gasteiger charge is -2.57. The second-order valence-corrected chi connectivity index (χ2v) is 10.8. The molecule has 4 fully saturated rings. The molecule has 4 aliphatic rings. The maximum atomic E-state index is 13.1. The number of hydrogen-bond donors (Lipinski definition) is 2. The molecule has 0 aliphatic heterocycles. The monoisotopic (exact) mass is 403 g/mol. The molecule has 29 heavy (non-hydrogen) atoms. The number of hydrazine groups is 1. The number of carbonyl (C=O) groups is 1. The first-order valence-corrected chi connectivity index (χ1v) is 11.8. The minimum absolute atomic E-state index is 0.154. The van der Waals surface area contributed by atoms with Crippen LogP contribution in [0.15, 0.2) is 12.4 Å². The molecule has 4 aliphatic carbocycles. The van der Waals surface area contributed by atoms with E-state index in [-0.39, 0.29) is 17.9 Å². The third-order valence-corrected chi connectivity index (χ3v) is 9.64. The number of rotatable bonds is 5. The number of carbonyl (C=O) groups excluding carboxylic acids is 1. The number of hydrogen-bond acceptors (Lipinski definition) is 5. The number of ether oxygens (including phenoxy) is 1. The topological polar surface area (TPSA) is 81.6 Å². The fourth-order valence-electron chi connectivity index (χ4n) is 8.33. The summed E-state index contributed by atoms with van der Waals surface area (Å²) in [4.78, 5) is 13.1. The van der Waals surface area contributed by atoms with Crippen LogP contribution in [0.4, 0.5) is 0 Å². The molecule has 0 heterocycles. The van der Waals surface area contributed by atoms with Gasteiger partial charge in [-0.2, -0.15) is 0 Å². The highest BCUT2D eigenvalue weighted by Gasteiger charge is 2.58. The van der Waals surface area contributed by atoms with Crippen LogP contribution in [0.2, 0.25) is 0 Å². The van der Waals surface area contributed by atoms with E-state index in [2.05, 4.69) is 13.8 Å². The molecular weight excluding hydrogens is 362 g/mol. The van der Waals surface area contributed by atoms with Gasteiger partial charge in [0.25, 0.3) is 0 Å². The molecule has 0 aromatic heterocycles. The Kier molecular flexibility index (Phi) is 6.00. The molecule has 5 nitrogen and oxygen atoms in total. The van der Waals surface area contributed by atoms with Crippen LogP contribution >= 0.6 is 0 Å². The lowest BCUT2D eigenvalue weighted by Crippen LogP contribution is -2.51. The molecule has 4 rings (SSSR count). The van der Waals surface area contributed by atoms with Crippen molar-refractivity contribution >= 4 is 5.78 Å². The lowest BCUT2D eigenvalue weighted by molar-refractivity contribution is -0.132. The molecule has 0 spiro atoms. The van der Waals surface area contributed by atoms with Gasteiger partial charge in [-0.3, -0.25) is 4.79 Å². The zero-order valence-corrected chi connectivity index (χ0v) is 18.6. The predicted molar refractivity (Wildman–Crippen MR) is 115 cm³/mol. The summed E-state index contributed by atoms with van der Waals surface area (Å²) < 4.78 is 5.87. The molecule has 164 valence electrons. The summed E-state index contributed by atoms with van der Waals surface area (Å²) in [6, 6.07) is 0. The van der Waals surface area contributed by atoms with E-state index in [9.17, 15) is 4.79 Å². The Morgan fingerprint density at radius 3 is 2.66 bits per heavy atom. The van der Waals surface area contributed by atoms with Crippen molar-refractivity contribution in [3.05, 3.63) is 12.4 Å². The summed E-state index contributed by atoms with van der Waals surface area (Å²) in [6.07, 6.45) is 13.5. The average Bonchev–Trinajstić information content (AvgIpc) is 3.04. The van der Waals surface area contributed by atoms with Crippen molar-refractivity contribution in [1.82, 2.24) is 5.01 Å². The van der Waals surface area contributed by atoms with Crippen molar-refractivity contribution in [2.24, 2.45) is 58.4 Å². The van der Waals surface area contributed by atoms with Crippen LogP contribution < -0.4 is 11.6 Å². The van der Waals surface area contributed by atoms with E-state index in [4.69, 9.17) is 16.3 Å². The molecule has 9 unspecified atom stereocenters. The average molecular weight is 404 g/mol. The van der Waals surface area contributed by atoms with Gasteiger partial charge in [-0.05, 0) is 92.3 Å². The molecule has 0 saturated heterocycles. The summed E-state index contributed by atoms with van der Waals surface area (Å²) in [6.45, 7) is 5.06. The molecule has 9 atom stereocenters. The highest BCUT2D eigenvalue weighted by Crippen LogP contribution is 2.64. The van der Waals surface area contributed by atoms with E-state index < -0.39 is 0 Å². The number of methoxy groups -OCH3 is 1. The summed E-state index contributed by atoms with van der Waals surface area (Å²) in [5, 5.41) is 1.43. The second-order valence-electron chi connectivity index (χ2n) is 10.8. The van der Waals surface area contributed by atoms with Gasteiger partial charge in [-0.15, -0.1) is 0 Å². The van der Waals surface area contributed by atoms with Gasteiger partial charge in [0.1, 0.15) is 0 Å². The molecule has 0 radical (unpaired) electrons. The Bertz CT molecular complexity index is 638. The molecule has 4 saturated carbocycles. The van der Waals surface area contributed by atoms with E-state index in [1.165, 1.54) is 56.2 Å². The Labute approximate surface area is 176 Å². The number of nitrogens with two attached hydrogens (primary N) is 2. The molecule has 5 heteroatoms. The van der Waals surface area contributed by atoms with Gasteiger partial charge in [-0.1, -0.05) is 13.8 Å². The van der Waals surface area contributed by atoms with E-state index in [0.717, 1.165) is 30.1 Å². The van der Waals surface area contributed by atoms with Gasteiger partial charge in [0.2, 0.25) is 0 Å².